The molecule has 0 aliphatic carbocycles. The fourth-order valence-electron chi connectivity index (χ4n) is 3.16. The number of hydrogen-bond acceptors (Lipinski definition) is 5. The number of amides is 1. The summed E-state index contributed by atoms with van der Waals surface area (Å²) in [6, 6.07) is 12.5. The van der Waals surface area contributed by atoms with Crippen molar-refractivity contribution in [1.29, 1.82) is 0 Å². The summed E-state index contributed by atoms with van der Waals surface area (Å²) in [5, 5.41) is 5.04. The van der Waals surface area contributed by atoms with Crippen molar-refractivity contribution in [3.8, 4) is 5.75 Å². The third-order valence-electron chi connectivity index (χ3n) is 4.59. The van der Waals surface area contributed by atoms with E-state index in [9.17, 15) is 13.6 Å². The van der Waals surface area contributed by atoms with E-state index >= 15 is 0 Å². The zero-order valence-electron chi connectivity index (χ0n) is 15.5. The van der Waals surface area contributed by atoms with Gasteiger partial charge in [0.1, 0.15) is 11.8 Å². The molecule has 1 aliphatic heterocycles. The first-order valence-electron chi connectivity index (χ1n) is 8.99. The minimum atomic E-state index is -2.85. The van der Waals surface area contributed by atoms with Crippen molar-refractivity contribution < 1.29 is 18.3 Å². The molecule has 6 nitrogen and oxygen atoms in total. The minimum absolute atomic E-state index is 0.0995. The van der Waals surface area contributed by atoms with Crippen LogP contribution in [-0.4, -0.2) is 26.6 Å². The van der Waals surface area contributed by atoms with Crippen LogP contribution in [0.15, 0.2) is 59.6 Å². The third-order valence-corrected chi connectivity index (χ3v) is 5.68. The van der Waals surface area contributed by atoms with E-state index in [4.69, 9.17) is 17.3 Å². The molecule has 0 fully saturated rings. The van der Waals surface area contributed by atoms with Crippen LogP contribution in [-0.2, 0) is 17.9 Å². The minimum Gasteiger partial charge on any atom is -0.435 e. The maximum absolute atomic E-state index is 12.8. The molecule has 4 rings (SSSR count). The Bertz CT molecular complexity index is 1040. The second-order valence-corrected chi connectivity index (χ2v) is 8.14. The molecule has 0 bridgehead atoms. The molecule has 1 unspecified atom stereocenters. The molecular weight excluding hydrogens is 434 g/mol. The number of hydrogen-bond donors (Lipinski definition) is 1. The number of rotatable bonds is 6. The largest absolute Gasteiger partial charge is 0.435 e. The van der Waals surface area contributed by atoms with Gasteiger partial charge in [0.15, 0.2) is 0 Å². The van der Waals surface area contributed by atoms with Crippen LogP contribution in [0.4, 0.5) is 8.78 Å². The standard InChI is InChI=1S/C20H17ClF2N4O2S/c21-14-3-1-2-12(8-14)18(24)19(28)26-9-13-10-27(25-17(13)11-26)30-16-6-4-15(5-7-16)29-20(22)23/h1-8,10,18,20H,9,11,24H2. The van der Waals surface area contributed by atoms with Gasteiger partial charge in [-0.05, 0) is 42.0 Å². The Morgan fingerprint density at radius 2 is 1.97 bits per heavy atom. The summed E-state index contributed by atoms with van der Waals surface area (Å²) in [7, 11) is 0. The number of nitrogens with zero attached hydrogens (tertiary/aromatic N) is 3. The van der Waals surface area contributed by atoms with E-state index in [0.29, 0.717) is 23.7 Å². The summed E-state index contributed by atoms with van der Waals surface area (Å²) in [6.07, 6.45) is 1.85. The molecule has 3 aromatic rings. The van der Waals surface area contributed by atoms with Crippen molar-refractivity contribution in [3.05, 3.63) is 76.6 Å². The molecule has 1 amide bonds. The highest BCUT2D eigenvalue weighted by Crippen LogP contribution is 2.29. The molecule has 0 saturated carbocycles. The molecule has 2 N–H and O–H groups in total. The molecular formula is C20H17ClF2N4O2S. The Kier molecular flexibility index (Phi) is 5.94. The fourth-order valence-corrected chi connectivity index (χ4v) is 4.15. The van der Waals surface area contributed by atoms with Gasteiger partial charge in [-0.25, -0.2) is 4.09 Å². The molecule has 30 heavy (non-hydrogen) atoms. The van der Waals surface area contributed by atoms with Crippen LogP contribution < -0.4 is 10.5 Å². The van der Waals surface area contributed by atoms with Crippen molar-refractivity contribution in [3.63, 3.8) is 0 Å². The molecule has 2 heterocycles. The van der Waals surface area contributed by atoms with Crippen molar-refractivity contribution in [2.75, 3.05) is 0 Å². The van der Waals surface area contributed by atoms with E-state index in [2.05, 4.69) is 9.84 Å². The van der Waals surface area contributed by atoms with Gasteiger partial charge >= 0.3 is 6.61 Å². The Balaban J connectivity index is 1.38. The predicted octanol–water partition coefficient (Wildman–Crippen LogP) is 4.24. The van der Waals surface area contributed by atoms with Gasteiger partial charge in [0, 0.05) is 40.2 Å². The van der Waals surface area contributed by atoms with Gasteiger partial charge in [0.25, 0.3) is 0 Å². The molecule has 1 aliphatic rings. The lowest BCUT2D eigenvalue weighted by Gasteiger charge is -2.20. The van der Waals surface area contributed by atoms with E-state index in [0.717, 1.165) is 16.2 Å². The summed E-state index contributed by atoms with van der Waals surface area (Å²) >= 11 is 7.32. The molecule has 2 aromatic carbocycles. The second-order valence-electron chi connectivity index (χ2n) is 6.67. The van der Waals surface area contributed by atoms with E-state index < -0.39 is 12.7 Å². The molecule has 156 valence electrons. The number of aromatic nitrogens is 2. The van der Waals surface area contributed by atoms with Crippen molar-refractivity contribution in [2.45, 2.75) is 30.6 Å². The van der Waals surface area contributed by atoms with Crippen molar-refractivity contribution in [1.82, 2.24) is 14.1 Å². The number of nitrogens with two attached hydrogens (primary N) is 1. The number of fused-ring (bicyclic) bond motifs is 1. The van der Waals surface area contributed by atoms with Crippen LogP contribution in [0.25, 0.3) is 0 Å². The van der Waals surface area contributed by atoms with E-state index in [1.165, 1.54) is 24.1 Å². The zero-order chi connectivity index (χ0) is 21.3. The summed E-state index contributed by atoms with van der Waals surface area (Å²) in [4.78, 5) is 15.2. The van der Waals surface area contributed by atoms with Gasteiger partial charge in [0.05, 0.1) is 12.2 Å². The summed E-state index contributed by atoms with van der Waals surface area (Å²) in [6.45, 7) is -2.06. The normalized spacial score (nSPS) is 14.1. The lowest BCUT2D eigenvalue weighted by Crippen LogP contribution is -2.35. The molecule has 0 radical (unpaired) electrons. The number of ether oxygens (including phenoxy) is 1. The Labute approximate surface area is 180 Å². The highest BCUT2D eigenvalue weighted by atomic mass is 35.5. The number of carbonyl (C=O) groups excluding carboxylic acids is 1. The number of halogens is 3. The lowest BCUT2D eigenvalue weighted by molar-refractivity contribution is -0.133. The van der Waals surface area contributed by atoms with E-state index in [-0.39, 0.29) is 11.7 Å². The SMILES string of the molecule is NC(C(=O)N1Cc2cn(Sc3ccc(OC(F)F)cc3)nc2C1)c1cccc(Cl)c1. The lowest BCUT2D eigenvalue weighted by atomic mass is 10.1. The number of alkyl halides is 2. The number of carbonyl (C=O) groups is 1. The van der Waals surface area contributed by atoms with Crippen molar-refractivity contribution in [2.24, 2.45) is 5.73 Å². The van der Waals surface area contributed by atoms with Crippen LogP contribution >= 0.6 is 23.5 Å². The van der Waals surface area contributed by atoms with Crippen LogP contribution in [0.2, 0.25) is 5.02 Å². The van der Waals surface area contributed by atoms with E-state index in [1.54, 1.807) is 45.4 Å². The first-order chi connectivity index (χ1) is 14.4. The van der Waals surface area contributed by atoms with Gasteiger partial charge < -0.3 is 15.4 Å². The highest BCUT2D eigenvalue weighted by Gasteiger charge is 2.30. The first-order valence-corrected chi connectivity index (χ1v) is 10.1. The van der Waals surface area contributed by atoms with Gasteiger partial charge in [-0.3, -0.25) is 4.79 Å². The maximum Gasteiger partial charge on any atom is 0.387 e. The average Bonchev–Trinajstić information content (AvgIpc) is 3.26. The topological polar surface area (TPSA) is 73.4 Å². The Hall–Kier alpha value is -2.62. The average molecular weight is 451 g/mol. The molecule has 1 atom stereocenters. The highest BCUT2D eigenvalue weighted by molar-refractivity contribution is 7.97. The van der Waals surface area contributed by atoms with Gasteiger partial charge in [-0.15, -0.1) is 0 Å². The van der Waals surface area contributed by atoms with E-state index in [1.807, 2.05) is 6.20 Å². The monoisotopic (exact) mass is 450 g/mol. The van der Waals surface area contributed by atoms with Crippen LogP contribution in [0.3, 0.4) is 0 Å². The summed E-state index contributed by atoms with van der Waals surface area (Å²) in [5.41, 5.74) is 8.53. The Morgan fingerprint density at radius 3 is 2.63 bits per heavy atom. The summed E-state index contributed by atoms with van der Waals surface area (Å²) in [5.74, 6) is -0.0911. The molecule has 10 heteroatoms. The zero-order valence-corrected chi connectivity index (χ0v) is 17.1. The second kappa shape index (κ2) is 8.63. The third kappa shape index (κ3) is 4.58. The molecule has 0 saturated heterocycles. The van der Waals surface area contributed by atoms with Crippen molar-refractivity contribution >= 4 is 29.5 Å². The van der Waals surface area contributed by atoms with Gasteiger partial charge in [-0.2, -0.15) is 13.9 Å². The van der Waals surface area contributed by atoms with Crippen LogP contribution in [0.1, 0.15) is 22.9 Å². The van der Waals surface area contributed by atoms with Crippen LogP contribution in [0.5, 0.6) is 5.75 Å². The molecule has 1 aromatic heterocycles. The first kappa shape index (κ1) is 20.6. The quantitative estimate of drug-likeness (QED) is 0.608. The maximum atomic E-state index is 12.8. The molecule has 0 spiro atoms. The summed E-state index contributed by atoms with van der Waals surface area (Å²) < 4.78 is 30.5. The van der Waals surface area contributed by atoms with Gasteiger partial charge in [0.2, 0.25) is 5.91 Å². The predicted molar refractivity (Wildman–Crippen MR) is 109 cm³/mol. The Morgan fingerprint density at radius 1 is 1.20 bits per heavy atom. The fraction of sp³-hybridized carbons (Fsp3) is 0.200. The van der Waals surface area contributed by atoms with Crippen LogP contribution in [0, 0.1) is 0 Å². The smallest absolute Gasteiger partial charge is 0.387 e. The number of benzene rings is 2. The van der Waals surface area contributed by atoms with Gasteiger partial charge in [-0.1, -0.05) is 23.7 Å².